The van der Waals surface area contributed by atoms with Crippen LogP contribution in [0.2, 0.25) is 0 Å². The van der Waals surface area contributed by atoms with Gasteiger partial charge >= 0.3 is 12.2 Å². The van der Waals surface area contributed by atoms with E-state index < -0.39 is 24.3 Å². The SMILES string of the molecule is COC(=O)NC(C(=O)N1CCCC1c1ncc(-c2ccc(-c3cc4ccc(-c5cnc(C6CCCN6C(=O)C(NC(=O)OC)C(C)C)[nH]5)cc4s3)cc2)[nH]1)c1ccccc1. The van der Waals surface area contributed by atoms with Crippen molar-refractivity contribution in [3.63, 3.8) is 0 Å². The maximum atomic E-state index is 13.9. The molecule has 4 atom stereocenters. The number of imidazole rings is 2. The lowest BCUT2D eigenvalue weighted by Gasteiger charge is -2.30. The number of carbonyl (C=O) groups is 4. The van der Waals surface area contributed by atoms with Crippen molar-refractivity contribution in [3.05, 3.63) is 108 Å². The van der Waals surface area contributed by atoms with E-state index >= 15 is 0 Å². The van der Waals surface area contributed by atoms with Crippen LogP contribution in [-0.4, -0.2) is 87.1 Å². The largest absolute Gasteiger partial charge is 0.453 e. The van der Waals surface area contributed by atoms with Gasteiger partial charge < -0.3 is 39.9 Å². The Hall–Kier alpha value is -6.48. The summed E-state index contributed by atoms with van der Waals surface area (Å²) in [5, 5.41) is 6.56. The summed E-state index contributed by atoms with van der Waals surface area (Å²) in [6.07, 6.45) is 5.54. The summed E-state index contributed by atoms with van der Waals surface area (Å²) in [6, 6.07) is 24.1. The third kappa shape index (κ3) is 8.21. The molecule has 5 heterocycles. The van der Waals surface area contributed by atoms with Crippen molar-refractivity contribution >= 4 is 45.4 Å². The van der Waals surface area contributed by atoms with Gasteiger partial charge in [-0.2, -0.15) is 0 Å². The number of nitrogens with zero attached hydrogens (tertiary/aromatic N) is 4. The van der Waals surface area contributed by atoms with Crippen LogP contribution >= 0.6 is 11.3 Å². The van der Waals surface area contributed by atoms with Crippen LogP contribution < -0.4 is 10.6 Å². The zero-order valence-electron chi connectivity index (χ0n) is 33.9. The van der Waals surface area contributed by atoms with Crippen LogP contribution in [0.5, 0.6) is 0 Å². The number of H-pyrrole nitrogens is 2. The lowest BCUT2D eigenvalue weighted by molar-refractivity contribution is -0.135. The Morgan fingerprint density at radius 1 is 0.717 bits per heavy atom. The number of likely N-dealkylation sites (tertiary alicyclic amines) is 2. The normalized spacial score (nSPS) is 17.5. The number of carbonyl (C=O) groups excluding carboxylic acids is 4. The van der Waals surface area contributed by atoms with E-state index in [0.717, 1.165) is 74.5 Å². The summed E-state index contributed by atoms with van der Waals surface area (Å²) in [5.74, 6) is 0.975. The van der Waals surface area contributed by atoms with E-state index in [0.29, 0.717) is 24.5 Å². The highest BCUT2D eigenvalue weighted by Crippen LogP contribution is 2.39. The number of aromatic nitrogens is 4. The van der Waals surface area contributed by atoms with Gasteiger partial charge in [0, 0.05) is 28.2 Å². The second-order valence-corrected chi connectivity index (χ2v) is 16.6. The molecule has 0 spiro atoms. The molecule has 3 aromatic heterocycles. The molecule has 15 heteroatoms. The molecule has 4 amide bonds. The summed E-state index contributed by atoms with van der Waals surface area (Å²) >= 11 is 1.72. The molecule has 0 aliphatic carbocycles. The number of hydrogen-bond donors (Lipinski definition) is 4. The predicted octanol–water partition coefficient (Wildman–Crippen LogP) is 8.15. The Bertz CT molecular complexity index is 2500. The van der Waals surface area contributed by atoms with E-state index in [4.69, 9.17) is 19.4 Å². The van der Waals surface area contributed by atoms with Gasteiger partial charge in [0.25, 0.3) is 5.91 Å². The van der Waals surface area contributed by atoms with Gasteiger partial charge in [0.2, 0.25) is 5.91 Å². The van der Waals surface area contributed by atoms with Gasteiger partial charge in [-0.25, -0.2) is 19.6 Å². The maximum absolute atomic E-state index is 13.9. The molecule has 2 saturated heterocycles. The zero-order valence-corrected chi connectivity index (χ0v) is 34.8. The van der Waals surface area contributed by atoms with Crippen LogP contribution in [0.25, 0.3) is 43.0 Å². The first-order chi connectivity index (χ1) is 29.1. The van der Waals surface area contributed by atoms with E-state index in [2.05, 4.69) is 69.1 Å². The standard InChI is InChI=1S/C45H48N8O6S/c1-26(2)38(50-44(56)58-3)42(54)52-20-8-12-34(52)41-47-25-33(49-41)30-18-19-31-23-36(60-37(31)22-30)28-16-14-27(15-17-28)32-24-46-40(48-32)35-13-9-21-53(35)43(55)39(51-45(57)59-4)29-10-6-5-7-11-29/h5-7,10-11,14-19,22-26,34-35,38-39H,8-9,12-13,20-21H2,1-4H3,(H,46,48)(H,47,49)(H,50,56)(H,51,57). The first-order valence-corrected chi connectivity index (χ1v) is 21.0. The van der Waals surface area contributed by atoms with E-state index in [1.807, 2.05) is 55.3 Å². The highest BCUT2D eigenvalue weighted by Gasteiger charge is 2.39. The molecule has 0 bridgehead atoms. The van der Waals surface area contributed by atoms with Crippen molar-refractivity contribution in [2.45, 2.75) is 63.7 Å². The quantitative estimate of drug-likeness (QED) is 0.101. The molecular formula is C45H48N8O6S. The molecular weight excluding hydrogens is 781 g/mol. The smallest absolute Gasteiger partial charge is 0.407 e. The average Bonchev–Trinajstić information content (AvgIpc) is 4.13. The molecule has 2 aliphatic rings. The van der Waals surface area contributed by atoms with Crippen molar-refractivity contribution in [1.29, 1.82) is 0 Å². The lowest BCUT2D eigenvalue weighted by atomic mass is 10.0. The van der Waals surface area contributed by atoms with Crippen LogP contribution in [0.4, 0.5) is 9.59 Å². The van der Waals surface area contributed by atoms with Gasteiger partial charge in [-0.1, -0.05) is 80.6 Å². The number of hydrogen-bond acceptors (Lipinski definition) is 9. The van der Waals surface area contributed by atoms with Crippen LogP contribution in [0.1, 0.15) is 74.9 Å². The fraction of sp³-hybridized carbons (Fsp3) is 0.333. The second kappa shape index (κ2) is 17.4. The first-order valence-electron chi connectivity index (χ1n) is 20.2. The van der Waals surface area contributed by atoms with Crippen molar-refractivity contribution in [1.82, 2.24) is 40.4 Å². The van der Waals surface area contributed by atoms with E-state index in [-0.39, 0.29) is 29.8 Å². The fourth-order valence-electron chi connectivity index (χ4n) is 8.24. The predicted molar refractivity (Wildman–Crippen MR) is 229 cm³/mol. The van der Waals surface area contributed by atoms with Gasteiger partial charge in [0.15, 0.2) is 0 Å². The Balaban J connectivity index is 0.951. The van der Waals surface area contributed by atoms with Gasteiger partial charge in [0.1, 0.15) is 23.7 Å². The third-order valence-electron chi connectivity index (χ3n) is 11.4. The number of thiophene rings is 1. The Kier molecular flexibility index (Phi) is 11.7. The fourth-order valence-corrected chi connectivity index (χ4v) is 9.35. The number of ether oxygens (including phenoxy) is 2. The molecule has 8 rings (SSSR count). The lowest BCUT2D eigenvalue weighted by Crippen LogP contribution is -2.51. The minimum Gasteiger partial charge on any atom is -0.453 e. The molecule has 3 aromatic carbocycles. The summed E-state index contributed by atoms with van der Waals surface area (Å²) < 4.78 is 10.7. The first kappa shape index (κ1) is 40.3. The molecule has 2 aliphatic heterocycles. The molecule has 0 saturated carbocycles. The molecule has 6 aromatic rings. The molecule has 14 nitrogen and oxygen atoms in total. The number of aromatic amines is 2. The summed E-state index contributed by atoms with van der Waals surface area (Å²) in [4.78, 5) is 72.9. The van der Waals surface area contributed by atoms with E-state index in [1.165, 1.54) is 14.2 Å². The van der Waals surface area contributed by atoms with Crippen LogP contribution in [0, 0.1) is 5.92 Å². The van der Waals surface area contributed by atoms with Crippen LogP contribution in [-0.2, 0) is 19.1 Å². The maximum Gasteiger partial charge on any atom is 0.407 e. The van der Waals surface area contributed by atoms with Crippen molar-refractivity contribution in [2.24, 2.45) is 5.92 Å². The molecule has 4 N–H and O–H groups in total. The second-order valence-electron chi connectivity index (χ2n) is 15.5. The number of amides is 4. The molecule has 0 radical (unpaired) electrons. The van der Waals surface area contributed by atoms with Crippen LogP contribution in [0.15, 0.2) is 91.3 Å². The highest BCUT2D eigenvalue weighted by atomic mass is 32.1. The van der Waals surface area contributed by atoms with E-state index in [9.17, 15) is 19.2 Å². The number of fused-ring (bicyclic) bond motifs is 1. The number of rotatable bonds is 11. The third-order valence-corrected chi connectivity index (χ3v) is 12.6. The monoisotopic (exact) mass is 828 g/mol. The van der Waals surface area contributed by atoms with Crippen molar-refractivity contribution < 1.29 is 28.7 Å². The molecule has 310 valence electrons. The number of alkyl carbamates (subject to hydrolysis) is 2. The summed E-state index contributed by atoms with van der Waals surface area (Å²) in [7, 11) is 2.57. The van der Waals surface area contributed by atoms with Gasteiger partial charge in [-0.15, -0.1) is 11.3 Å². The topological polar surface area (TPSA) is 175 Å². The number of benzene rings is 3. The molecule has 4 unspecified atom stereocenters. The van der Waals surface area contributed by atoms with Gasteiger partial charge in [0.05, 0.1) is 50.1 Å². The van der Waals surface area contributed by atoms with E-state index in [1.54, 1.807) is 22.4 Å². The Labute approximate surface area is 351 Å². The minimum absolute atomic E-state index is 0.108. The zero-order chi connectivity index (χ0) is 41.9. The van der Waals surface area contributed by atoms with Crippen molar-refractivity contribution in [2.75, 3.05) is 27.3 Å². The van der Waals surface area contributed by atoms with Crippen LogP contribution in [0.3, 0.4) is 0 Å². The van der Waals surface area contributed by atoms with Gasteiger partial charge in [-0.3, -0.25) is 9.59 Å². The minimum atomic E-state index is -0.880. The van der Waals surface area contributed by atoms with Crippen molar-refractivity contribution in [3.8, 4) is 33.0 Å². The van der Waals surface area contributed by atoms with Gasteiger partial charge in [-0.05, 0) is 65.8 Å². The highest BCUT2D eigenvalue weighted by molar-refractivity contribution is 7.22. The molecule has 2 fully saturated rings. The number of nitrogens with one attached hydrogen (secondary N) is 4. The Morgan fingerprint density at radius 2 is 1.28 bits per heavy atom. The summed E-state index contributed by atoms with van der Waals surface area (Å²) in [5.41, 5.74) is 5.47. The number of methoxy groups -OCH3 is 2. The average molecular weight is 829 g/mol. The molecule has 60 heavy (non-hydrogen) atoms. The Morgan fingerprint density at radius 3 is 1.90 bits per heavy atom. The summed E-state index contributed by atoms with van der Waals surface area (Å²) in [6.45, 7) is 4.96.